The number of aromatic nitrogens is 1. The minimum Gasteiger partial charge on any atom is -0.470 e. The predicted molar refractivity (Wildman–Crippen MR) is 72.6 cm³/mol. The van der Waals surface area contributed by atoms with E-state index in [0.29, 0.717) is 23.1 Å². The van der Waals surface area contributed by atoms with E-state index in [4.69, 9.17) is 22.1 Å². The second-order valence-corrected chi connectivity index (χ2v) is 4.36. The number of nitrogens with zero attached hydrogens (tertiary/aromatic N) is 1. The molecule has 2 aromatic rings. The summed E-state index contributed by atoms with van der Waals surface area (Å²) >= 11 is 5.95. The number of rotatable bonds is 4. The quantitative estimate of drug-likeness (QED) is 0.919. The standard InChI is InChI=1S/C14H15ClN2O/c1-10(11-5-3-2-4-6-11)18-14-8-7-12(15)13(9-16)17-14/h2-8,10H,9,16H2,1H3. The van der Waals surface area contributed by atoms with E-state index in [2.05, 4.69) is 4.98 Å². The second kappa shape index (κ2) is 5.85. The number of benzene rings is 1. The Labute approximate surface area is 112 Å². The molecule has 1 heterocycles. The highest BCUT2D eigenvalue weighted by molar-refractivity contribution is 6.31. The van der Waals surface area contributed by atoms with Gasteiger partial charge in [0.25, 0.3) is 0 Å². The maximum atomic E-state index is 5.95. The molecule has 0 amide bonds. The third-order valence-electron chi connectivity index (χ3n) is 2.65. The minimum absolute atomic E-state index is 0.0644. The lowest BCUT2D eigenvalue weighted by Crippen LogP contribution is -2.07. The molecule has 0 fully saturated rings. The Morgan fingerprint density at radius 1 is 1.22 bits per heavy atom. The lowest BCUT2D eigenvalue weighted by molar-refractivity contribution is 0.217. The van der Waals surface area contributed by atoms with Gasteiger partial charge in [-0.2, -0.15) is 0 Å². The van der Waals surface area contributed by atoms with Crippen molar-refractivity contribution in [1.29, 1.82) is 0 Å². The van der Waals surface area contributed by atoms with E-state index >= 15 is 0 Å². The first kappa shape index (κ1) is 12.9. The maximum Gasteiger partial charge on any atom is 0.214 e. The monoisotopic (exact) mass is 262 g/mol. The Morgan fingerprint density at radius 3 is 2.61 bits per heavy atom. The van der Waals surface area contributed by atoms with Crippen molar-refractivity contribution in [3.63, 3.8) is 0 Å². The number of nitrogens with two attached hydrogens (primary N) is 1. The van der Waals surface area contributed by atoms with Gasteiger partial charge in [-0.15, -0.1) is 0 Å². The normalized spacial score (nSPS) is 12.2. The van der Waals surface area contributed by atoms with Crippen LogP contribution in [0.3, 0.4) is 0 Å². The van der Waals surface area contributed by atoms with Crippen molar-refractivity contribution in [3.05, 3.63) is 58.7 Å². The molecule has 0 radical (unpaired) electrons. The molecule has 1 atom stereocenters. The van der Waals surface area contributed by atoms with E-state index in [1.807, 2.05) is 37.3 Å². The van der Waals surface area contributed by atoms with Crippen molar-refractivity contribution in [2.45, 2.75) is 19.6 Å². The summed E-state index contributed by atoms with van der Waals surface area (Å²) in [5, 5.41) is 0.567. The van der Waals surface area contributed by atoms with Gasteiger partial charge >= 0.3 is 0 Å². The first-order valence-corrected chi connectivity index (χ1v) is 6.15. The van der Waals surface area contributed by atoms with E-state index in [1.54, 1.807) is 12.1 Å². The Kier molecular flexibility index (Phi) is 4.18. The third-order valence-corrected chi connectivity index (χ3v) is 3.00. The van der Waals surface area contributed by atoms with E-state index < -0.39 is 0 Å². The van der Waals surface area contributed by atoms with Crippen LogP contribution in [0.2, 0.25) is 5.02 Å². The van der Waals surface area contributed by atoms with E-state index in [-0.39, 0.29) is 6.10 Å². The lowest BCUT2D eigenvalue weighted by Gasteiger charge is -2.15. The molecule has 0 aliphatic carbocycles. The maximum absolute atomic E-state index is 5.95. The second-order valence-electron chi connectivity index (χ2n) is 3.95. The van der Waals surface area contributed by atoms with Gasteiger partial charge in [-0.1, -0.05) is 41.9 Å². The molecule has 94 valence electrons. The van der Waals surface area contributed by atoms with Gasteiger partial charge in [0.2, 0.25) is 5.88 Å². The summed E-state index contributed by atoms with van der Waals surface area (Å²) in [4.78, 5) is 4.28. The van der Waals surface area contributed by atoms with Gasteiger partial charge < -0.3 is 10.5 Å². The molecule has 0 aliphatic rings. The van der Waals surface area contributed by atoms with Crippen LogP contribution in [0.15, 0.2) is 42.5 Å². The van der Waals surface area contributed by atoms with Gasteiger partial charge in [0, 0.05) is 12.6 Å². The first-order valence-electron chi connectivity index (χ1n) is 5.78. The number of hydrogen-bond acceptors (Lipinski definition) is 3. The molecule has 0 bridgehead atoms. The largest absolute Gasteiger partial charge is 0.470 e. The number of ether oxygens (including phenoxy) is 1. The molecule has 0 saturated carbocycles. The van der Waals surface area contributed by atoms with Crippen LogP contribution in [-0.4, -0.2) is 4.98 Å². The molecular weight excluding hydrogens is 248 g/mol. The summed E-state index contributed by atoms with van der Waals surface area (Å²) in [5.41, 5.74) is 7.31. The van der Waals surface area contributed by atoms with Crippen LogP contribution < -0.4 is 10.5 Å². The molecule has 3 nitrogen and oxygen atoms in total. The molecule has 1 aromatic heterocycles. The smallest absolute Gasteiger partial charge is 0.214 e. The van der Waals surface area contributed by atoms with Gasteiger partial charge in [-0.25, -0.2) is 4.98 Å². The van der Waals surface area contributed by atoms with Crippen molar-refractivity contribution < 1.29 is 4.74 Å². The number of halogens is 1. The summed E-state index contributed by atoms with van der Waals surface area (Å²) < 4.78 is 5.77. The summed E-state index contributed by atoms with van der Waals surface area (Å²) in [6.45, 7) is 2.28. The van der Waals surface area contributed by atoms with Crippen LogP contribution in [0.1, 0.15) is 24.3 Å². The molecule has 1 unspecified atom stereocenters. The zero-order valence-electron chi connectivity index (χ0n) is 10.1. The minimum atomic E-state index is -0.0644. The van der Waals surface area contributed by atoms with Crippen LogP contribution in [0.4, 0.5) is 0 Å². The van der Waals surface area contributed by atoms with Crippen molar-refractivity contribution in [3.8, 4) is 5.88 Å². The molecule has 1 aromatic carbocycles. The summed E-state index contributed by atoms with van der Waals surface area (Å²) in [7, 11) is 0. The van der Waals surface area contributed by atoms with Crippen LogP contribution in [0.5, 0.6) is 5.88 Å². The van der Waals surface area contributed by atoms with Gasteiger partial charge in [-0.3, -0.25) is 0 Å². The van der Waals surface area contributed by atoms with Crippen molar-refractivity contribution >= 4 is 11.6 Å². The van der Waals surface area contributed by atoms with E-state index in [0.717, 1.165) is 5.56 Å². The van der Waals surface area contributed by atoms with Crippen LogP contribution in [0, 0.1) is 0 Å². The molecule has 0 spiro atoms. The zero-order chi connectivity index (χ0) is 13.0. The predicted octanol–water partition coefficient (Wildman–Crippen LogP) is 3.33. The fraction of sp³-hybridized carbons (Fsp3) is 0.214. The highest BCUT2D eigenvalue weighted by Gasteiger charge is 2.09. The Morgan fingerprint density at radius 2 is 1.94 bits per heavy atom. The molecule has 18 heavy (non-hydrogen) atoms. The average molecular weight is 263 g/mol. The molecule has 2 rings (SSSR count). The summed E-state index contributed by atoms with van der Waals surface area (Å²) in [6.07, 6.45) is -0.0644. The SMILES string of the molecule is CC(Oc1ccc(Cl)c(CN)n1)c1ccccc1. The third kappa shape index (κ3) is 3.00. The fourth-order valence-electron chi connectivity index (χ4n) is 1.65. The van der Waals surface area contributed by atoms with E-state index in [9.17, 15) is 0 Å². The molecule has 4 heteroatoms. The average Bonchev–Trinajstić information content (AvgIpc) is 2.42. The van der Waals surface area contributed by atoms with Gasteiger partial charge in [0.1, 0.15) is 6.10 Å². The number of hydrogen-bond donors (Lipinski definition) is 1. The van der Waals surface area contributed by atoms with Crippen LogP contribution in [-0.2, 0) is 6.54 Å². The molecule has 0 aliphatic heterocycles. The Bertz CT molecular complexity index is 516. The fourth-order valence-corrected chi connectivity index (χ4v) is 1.83. The highest BCUT2D eigenvalue weighted by Crippen LogP contribution is 2.22. The van der Waals surface area contributed by atoms with Gasteiger partial charge in [0.05, 0.1) is 10.7 Å². The number of pyridine rings is 1. The summed E-state index contributed by atoms with van der Waals surface area (Å²) in [6, 6.07) is 13.5. The van der Waals surface area contributed by atoms with Crippen LogP contribution in [0.25, 0.3) is 0 Å². The summed E-state index contributed by atoms with van der Waals surface area (Å²) in [5.74, 6) is 0.538. The van der Waals surface area contributed by atoms with Gasteiger partial charge in [-0.05, 0) is 18.6 Å². The molecular formula is C14H15ClN2O. The van der Waals surface area contributed by atoms with E-state index in [1.165, 1.54) is 0 Å². The lowest BCUT2D eigenvalue weighted by atomic mass is 10.1. The first-order chi connectivity index (χ1) is 8.70. The molecule has 0 saturated heterocycles. The Hall–Kier alpha value is -1.58. The Balaban J connectivity index is 2.14. The van der Waals surface area contributed by atoms with Crippen molar-refractivity contribution in [1.82, 2.24) is 4.98 Å². The topological polar surface area (TPSA) is 48.1 Å². The highest BCUT2D eigenvalue weighted by atomic mass is 35.5. The van der Waals surface area contributed by atoms with Crippen molar-refractivity contribution in [2.24, 2.45) is 5.73 Å². The van der Waals surface area contributed by atoms with Gasteiger partial charge in [0.15, 0.2) is 0 Å². The zero-order valence-corrected chi connectivity index (χ0v) is 10.9. The van der Waals surface area contributed by atoms with Crippen molar-refractivity contribution in [2.75, 3.05) is 0 Å². The van der Waals surface area contributed by atoms with Crippen LogP contribution >= 0.6 is 11.6 Å². The molecule has 2 N–H and O–H groups in total.